The SMILES string of the molecule is CC(C)(C)OC(=O)Nc1ccc(CC2(O)C(=O)C3=C(OC(C)(C)C(O)C3)c3ccccc32)cc1. The average molecular weight is 466 g/mol. The van der Waals surface area contributed by atoms with E-state index in [1.54, 1.807) is 71.0 Å². The minimum atomic E-state index is -1.81. The van der Waals surface area contributed by atoms with Crippen LogP contribution in [0.1, 0.15) is 57.7 Å². The highest BCUT2D eigenvalue weighted by molar-refractivity contribution is 6.11. The van der Waals surface area contributed by atoms with Gasteiger partial charge in [-0.15, -0.1) is 0 Å². The second kappa shape index (κ2) is 8.25. The van der Waals surface area contributed by atoms with Crippen molar-refractivity contribution in [2.75, 3.05) is 5.32 Å². The summed E-state index contributed by atoms with van der Waals surface area (Å²) >= 11 is 0. The van der Waals surface area contributed by atoms with E-state index in [0.717, 1.165) is 0 Å². The molecule has 2 aliphatic rings. The number of fused-ring (bicyclic) bond motifs is 2. The molecule has 0 saturated heterocycles. The number of Topliss-reactive ketones (excluding diaryl/α,β-unsaturated/α-hetero) is 1. The van der Waals surface area contributed by atoms with Crippen LogP contribution in [0.2, 0.25) is 0 Å². The number of nitrogens with one attached hydrogen (secondary N) is 1. The van der Waals surface area contributed by atoms with Crippen molar-refractivity contribution in [1.82, 2.24) is 0 Å². The van der Waals surface area contributed by atoms with Crippen molar-refractivity contribution in [3.05, 3.63) is 70.8 Å². The van der Waals surface area contributed by atoms with E-state index >= 15 is 0 Å². The van der Waals surface area contributed by atoms with Crippen molar-refractivity contribution >= 4 is 23.3 Å². The zero-order valence-electron chi connectivity index (χ0n) is 20.1. The molecule has 7 nitrogen and oxygen atoms in total. The second-order valence-corrected chi connectivity index (χ2v) is 10.5. The van der Waals surface area contributed by atoms with Crippen LogP contribution in [0.15, 0.2) is 54.1 Å². The number of aliphatic hydroxyl groups excluding tert-OH is 1. The zero-order valence-corrected chi connectivity index (χ0v) is 20.1. The van der Waals surface area contributed by atoms with Crippen molar-refractivity contribution in [3.63, 3.8) is 0 Å². The predicted molar refractivity (Wildman–Crippen MR) is 128 cm³/mol. The van der Waals surface area contributed by atoms with Gasteiger partial charge in [0.2, 0.25) is 0 Å². The second-order valence-electron chi connectivity index (χ2n) is 10.5. The van der Waals surface area contributed by atoms with E-state index in [1.165, 1.54) is 0 Å². The molecule has 1 aliphatic heterocycles. The predicted octanol–water partition coefficient (Wildman–Crippen LogP) is 4.32. The maximum Gasteiger partial charge on any atom is 0.412 e. The number of ketones is 1. The standard InChI is InChI=1S/C27H31NO6/c1-25(2,3)34-24(31)28-17-12-10-16(11-13-17)15-27(32)20-9-7-6-8-18(20)22-19(23(27)30)14-21(29)26(4,5)33-22/h6-13,21,29,32H,14-15H2,1-5H3,(H,28,31). The van der Waals surface area contributed by atoms with Gasteiger partial charge in [-0.2, -0.15) is 0 Å². The lowest BCUT2D eigenvalue weighted by molar-refractivity contribution is -0.137. The first-order valence-electron chi connectivity index (χ1n) is 11.4. The molecule has 1 amide bonds. The Balaban J connectivity index is 1.62. The largest absolute Gasteiger partial charge is 0.484 e. The molecule has 2 aromatic rings. The number of anilines is 1. The lowest BCUT2D eigenvalue weighted by Crippen LogP contribution is -2.49. The third-order valence-corrected chi connectivity index (χ3v) is 6.17. The number of hydrogen-bond acceptors (Lipinski definition) is 6. The van der Waals surface area contributed by atoms with Crippen LogP contribution in [0.3, 0.4) is 0 Å². The van der Waals surface area contributed by atoms with Crippen LogP contribution in [-0.2, 0) is 26.3 Å². The normalized spacial score (nSPS) is 23.5. The number of benzene rings is 2. The highest BCUT2D eigenvalue weighted by Crippen LogP contribution is 2.47. The van der Waals surface area contributed by atoms with Gasteiger partial charge < -0.3 is 19.7 Å². The third kappa shape index (κ3) is 4.45. The number of carbonyl (C=O) groups excluding carboxylic acids is 2. The van der Waals surface area contributed by atoms with E-state index in [9.17, 15) is 19.8 Å². The minimum absolute atomic E-state index is 0.0336. The fourth-order valence-electron chi connectivity index (χ4n) is 4.35. The van der Waals surface area contributed by atoms with Gasteiger partial charge in [0.15, 0.2) is 11.4 Å². The fourth-order valence-corrected chi connectivity index (χ4v) is 4.35. The van der Waals surface area contributed by atoms with E-state index in [-0.39, 0.29) is 12.8 Å². The molecule has 0 radical (unpaired) electrons. The summed E-state index contributed by atoms with van der Waals surface area (Å²) in [6, 6.07) is 14.1. The summed E-state index contributed by atoms with van der Waals surface area (Å²) in [4.78, 5) is 25.6. The van der Waals surface area contributed by atoms with E-state index in [4.69, 9.17) is 9.47 Å². The molecular weight excluding hydrogens is 434 g/mol. The summed E-state index contributed by atoms with van der Waals surface area (Å²) in [7, 11) is 0. The molecule has 0 fully saturated rings. The highest BCUT2D eigenvalue weighted by atomic mass is 16.6. The number of ether oxygens (including phenoxy) is 2. The van der Waals surface area contributed by atoms with Crippen LogP contribution in [0.4, 0.5) is 10.5 Å². The Morgan fingerprint density at radius 2 is 1.79 bits per heavy atom. The Hall–Kier alpha value is -3.16. The Kier molecular flexibility index (Phi) is 5.82. The highest BCUT2D eigenvalue weighted by Gasteiger charge is 2.51. The maximum absolute atomic E-state index is 13.6. The summed E-state index contributed by atoms with van der Waals surface area (Å²) in [6.07, 6.45) is -1.29. The molecule has 0 saturated carbocycles. The first-order chi connectivity index (χ1) is 15.8. The summed E-state index contributed by atoms with van der Waals surface area (Å²) in [5, 5.41) is 24.9. The Bertz CT molecular complexity index is 1160. The van der Waals surface area contributed by atoms with E-state index in [1.807, 2.05) is 12.1 Å². The molecule has 4 rings (SSSR count). The first-order valence-corrected chi connectivity index (χ1v) is 11.4. The molecular formula is C27H31NO6. The molecule has 7 heteroatoms. The lowest BCUT2D eigenvalue weighted by atomic mass is 9.71. The van der Waals surface area contributed by atoms with Crippen molar-refractivity contribution in [2.24, 2.45) is 0 Å². The van der Waals surface area contributed by atoms with Crippen LogP contribution >= 0.6 is 0 Å². The van der Waals surface area contributed by atoms with Crippen LogP contribution in [-0.4, -0.2) is 39.4 Å². The van der Waals surface area contributed by atoms with Gasteiger partial charge >= 0.3 is 6.09 Å². The number of hydrogen-bond donors (Lipinski definition) is 3. The van der Waals surface area contributed by atoms with Gasteiger partial charge in [0.05, 0.1) is 6.10 Å². The van der Waals surface area contributed by atoms with Crippen LogP contribution < -0.4 is 5.32 Å². The van der Waals surface area contributed by atoms with Gasteiger partial charge in [-0.3, -0.25) is 10.1 Å². The van der Waals surface area contributed by atoms with Crippen molar-refractivity contribution < 1.29 is 29.3 Å². The summed E-state index contributed by atoms with van der Waals surface area (Å²) in [5.74, 6) is -0.0378. The van der Waals surface area contributed by atoms with Gasteiger partial charge in [-0.1, -0.05) is 36.4 Å². The van der Waals surface area contributed by atoms with Gasteiger partial charge in [-0.05, 0) is 52.3 Å². The van der Waals surface area contributed by atoms with Crippen LogP contribution in [0.25, 0.3) is 5.76 Å². The molecule has 2 aromatic carbocycles. The van der Waals surface area contributed by atoms with Gasteiger partial charge in [0, 0.05) is 35.2 Å². The lowest BCUT2D eigenvalue weighted by Gasteiger charge is -2.43. The van der Waals surface area contributed by atoms with Gasteiger partial charge in [0.1, 0.15) is 17.0 Å². The summed E-state index contributed by atoms with van der Waals surface area (Å²) < 4.78 is 11.3. The molecule has 34 heavy (non-hydrogen) atoms. The fraction of sp³-hybridized carbons (Fsp3) is 0.407. The van der Waals surface area contributed by atoms with Crippen molar-refractivity contribution in [1.29, 1.82) is 0 Å². The third-order valence-electron chi connectivity index (χ3n) is 6.17. The Labute approximate surface area is 199 Å². The molecule has 1 heterocycles. The van der Waals surface area contributed by atoms with E-state index in [2.05, 4.69) is 5.32 Å². The van der Waals surface area contributed by atoms with Crippen LogP contribution in [0, 0.1) is 0 Å². The molecule has 0 aromatic heterocycles. The smallest absolute Gasteiger partial charge is 0.412 e. The van der Waals surface area contributed by atoms with E-state index in [0.29, 0.717) is 33.7 Å². The summed E-state index contributed by atoms with van der Waals surface area (Å²) in [6.45, 7) is 8.92. The molecule has 0 bridgehead atoms. The quantitative estimate of drug-likeness (QED) is 0.624. The molecule has 3 N–H and O–H groups in total. The van der Waals surface area contributed by atoms with E-state index < -0.39 is 34.8 Å². The Morgan fingerprint density at radius 1 is 1.15 bits per heavy atom. The Morgan fingerprint density at radius 3 is 2.44 bits per heavy atom. The molecule has 1 aliphatic carbocycles. The van der Waals surface area contributed by atoms with Gasteiger partial charge in [-0.25, -0.2) is 4.79 Å². The molecule has 2 unspecified atom stereocenters. The zero-order chi connectivity index (χ0) is 24.9. The molecule has 0 spiro atoms. The minimum Gasteiger partial charge on any atom is -0.484 e. The first kappa shape index (κ1) is 24.0. The monoisotopic (exact) mass is 465 g/mol. The van der Waals surface area contributed by atoms with Crippen molar-refractivity contribution in [3.8, 4) is 0 Å². The summed E-state index contributed by atoms with van der Waals surface area (Å²) in [5.41, 5.74) is -0.584. The maximum atomic E-state index is 13.6. The van der Waals surface area contributed by atoms with Crippen molar-refractivity contribution in [2.45, 2.75) is 70.4 Å². The van der Waals surface area contributed by atoms with Gasteiger partial charge in [0.25, 0.3) is 0 Å². The topological polar surface area (TPSA) is 105 Å². The number of amides is 1. The van der Waals surface area contributed by atoms with Crippen LogP contribution in [0.5, 0.6) is 0 Å². The number of carbonyl (C=O) groups is 2. The molecule has 2 atom stereocenters. The number of rotatable bonds is 3. The number of aliphatic hydroxyl groups is 2. The average Bonchev–Trinajstić information content (AvgIpc) is 2.74. The molecule has 180 valence electrons.